The standard InChI is InChI=1S/C25H24FN5O4/c1-25(2,3)31(24(34)35)20(13-7-8-13)22-29-19-15(12-27)9-16(26)11-18(19)23(33)30(22)17-6-4-5-14(10-17)21(28)32/h4-6,9-11,13,20H,7-8H2,1-3H3,(H2,28,32)(H,34,35)/t20-/m0/s1. The van der Waals surface area contributed by atoms with Crippen molar-refractivity contribution in [2.75, 3.05) is 0 Å². The molecule has 1 saturated carbocycles. The Morgan fingerprint density at radius 3 is 2.51 bits per heavy atom. The monoisotopic (exact) mass is 477 g/mol. The van der Waals surface area contributed by atoms with E-state index in [1.165, 1.54) is 27.7 Å². The molecule has 1 aliphatic rings. The van der Waals surface area contributed by atoms with E-state index in [-0.39, 0.29) is 39.5 Å². The number of halogens is 1. The number of carbonyl (C=O) groups is 2. The van der Waals surface area contributed by atoms with Crippen LogP contribution in [0.5, 0.6) is 0 Å². The van der Waals surface area contributed by atoms with Gasteiger partial charge in [0, 0.05) is 11.1 Å². The van der Waals surface area contributed by atoms with E-state index in [4.69, 9.17) is 5.73 Å². The molecule has 1 heterocycles. The normalized spacial score (nSPS) is 14.4. The van der Waals surface area contributed by atoms with Gasteiger partial charge in [0.2, 0.25) is 5.91 Å². The molecule has 3 N–H and O–H groups in total. The van der Waals surface area contributed by atoms with Crippen LogP contribution in [0, 0.1) is 23.1 Å². The van der Waals surface area contributed by atoms with Gasteiger partial charge in [0.15, 0.2) is 0 Å². The maximum Gasteiger partial charge on any atom is 0.408 e. The van der Waals surface area contributed by atoms with E-state index in [2.05, 4.69) is 4.98 Å². The third kappa shape index (κ3) is 4.33. The minimum absolute atomic E-state index is 0.0129. The zero-order chi connectivity index (χ0) is 25.7. The lowest BCUT2D eigenvalue weighted by atomic mass is 9.99. The number of nitrogens with two attached hydrogens (primary N) is 1. The van der Waals surface area contributed by atoms with Gasteiger partial charge in [0.1, 0.15) is 17.7 Å². The first-order valence-corrected chi connectivity index (χ1v) is 11.0. The first-order valence-electron chi connectivity index (χ1n) is 11.0. The van der Waals surface area contributed by atoms with Crippen molar-refractivity contribution in [1.82, 2.24) is 14.5 Å². The van der Waals surface area contributed by atoms with Gasteiger partial charge < -0.3 is 10.8 Å². The number of benzene rings is 2. The molecule has 1 atom stereocenters. The summed E-state index contributed by atoms with van der Waals surface area (Å²) in [7, 11) is 0. The molecule has 1 fully saturated rings. The van der Waals surface area contributed by atoms with Crippen molar-refractivity contribution in [1.29, 1.82) is 5.26 Å². The summed E-state index contributed by atoms with van der Waals surface area (Å²) in [6.07, 6.45) is 0.239. The van der Waals surface area contributed by atoms with Crippen LogP contribution in [-0.4, -0.2) is 37.1 Å². The van der Waals surface area contributed by atoms with E-state index >= 15 is 0 Å². The molecule has 0 bridgehead atoms. The molecular formula is C25H24FN5O4. The van der Waals surface area contributed by atoms with Crippen LogP contribution in [0.25, 0.3) is 16.6 Å². The summed E-state index contributed by atoms with van der Waals surface area (Å²) in [4.78, 5) is 44.0. The lowest BCUT2D eigenvalue weighted by molar-refractivity contribution is 0.0582. The Morgan fingerprint density at radius 2 is 1.97 bits per heavy atom. The smallest absolute Gasteiger partial charge is 0.408 e. The maximum atomic E-state index is 14.3. The third-order valence-corrected chi connectivity index (χ3v) is 6.01. The van der Waals surface area contributed by atoms with Crippen LogP contribution in [-0.2, 0) is 0 Å². The molecule has 180 valence electrons. The van der Waals surface area contributed by atoms with Gasteiger partial charge in [0.25, 0.3) is 5.56 Å². The zero-order valence-electron chi connectivity index (χ0n) is 19.4. The van der Waals surface area contributed by atoms with Gasteiger partial charge >= 0.3 is 6.09 Å². The molecule has 1 aromatic heterocycles. The topological polar surface area (TPSA) is 142 Å². The summed E-state index contributed by atoms with van der Waals surface area (Å²) in [6.45, 7) is 5.22. The number of hydrogen-bond acceptors (Lipinski definition) is 5. The number of amides is 2. The average molecular weight is 477 g/mol. The minimum Gasteiger partial charge on any atom is -0.465 e. The van der Waals surface area contributed by atoms with Gasteiger partial charge in [-0.3, -0.25) is 19.1 Å². The molecule has 10 heteroatoms. The molecule has 1 aliphatic carbocycles. The number of rotatable bonds is 5. The number of nitrogens with zero attached hydrogens (tertiary/aromatic N) is 4. The molecule has 4 rings (SSSR count). The number of nitriles is 1. The molecule has 0 radical (unpaired) electrons. The summed E-state index contributed by atoms with van der Waals surface area (Å²) < 4.78 is 15.5. The summed E-state index contributed by atoms with van der Waals surface area (Å²) >= 11 is 0. The second-order valence-corrected chi connectivity index (χ2v) is 9.59. The van der Waals surface area contributed by atoms with Crippen molar-refractivity contribution in [3.63, 3.8) is 0 Å². The number of hydrogen-bond donors (Lipinski definition) is 2. The van der Waals surface area contributed by atoms with Gasteiger partial charge in [-0.1, -0.05) is 6.07 Å². The van der Waals surface area contributed by atoms with Crippen LogP contribution in [0.4, 0.5) is 9.18 Å². The van der Waals surface area contributed by atoms with Gasteiger partial charge in [-0.05, 0) is 69.9 Å². The average Bonchev–Trinajstić information content (AvgIpc) is 3.61. The summed E-state index contributed by atoms with van der Waals surface area (Å²) in [5, 5.41) is 19.6. The molecule has 0 aliphatic heterocycles. The Kier molecular flexibility index (Phi) is 5.80. The molecule has 0 saturated heterocycles. The van der Waals surface area contributed by atoms with Gasteiger partial charge in [-0.15, -0.1) is 0 Å². The molecule has 9 nitrogen and oxygen atoms in total. The highest BCUT2D eigenvalue weighted by atomic mass is 19.1. The zero-order valence-corrected chi connectivity index (χ0v) is 19.4. The van der Waals surface area contributed by atoms with E-state index in [1.807, 2.05) is 6.07 Å². The Balaban J connectivity index is 2.15. The highest BCUT2D eigenvalue weighted by Crippen LogP contribution is 2.46. The SMILES string of the molecule is CC(C)(C)N(C(=O)O)[C@H](c1nc2c(C#N)cc(F)cc2c(=O)n1-c1cccc(C(N)=O)c1)C1CC1. The minimum atomic E-state index is -1.19. The van der Waals surface area contributed by atoms with Crippen LogP contribution in [0.2, 0.25) is 0 Å². The van der Waals surface area contributed by atoms with E-state index in [1.54, 1.807) is 26.8 Å². The largest absolute Gasteiger partial charge is 0.465 e. The maximum absolute atomic E-state index is 14.3. The van der Waals surface area contributed by atoms with Crippen molar-refractivity contribution in [3.8, 4) is 11.8 Å². The number of carboxylic acid groups (broad SMARTS) is 1. The highest BCUT2D eigenvalue weighted by Gasteiger charge is 2.45. The quantitative estimate of drug-likeness (QED) is 0.573. The number of primary amides is 1. The molecular weight excluding hydrogens is 453 g/mol. The Bertz CT molecular complexity index is 1460. The Morgan fingerprint density at radius 1 is 1.29 bits per heavy atom. The van der Waals surface area contributed by atoms with E-state index < -0.39 is 35.0 Å². The molecule has 35 heavy (non-hydrogen) atoms. The lowest BCUT2D eigenvalue weighted by Gasteiger charge is -2.40. The van der Waals surface area contributed by atoms with Crippen LogP contribution < -0.4 is 11.3 Å². The van der Waals surface area contributed by atoms with Crippen molar-refractivity contribution < 1.29 is 19.1 Å². The summed E-state index contributed by atoms with van der Waals surface area (Å²) in [5.74, 6) is -1.52. The molecule has 2 amide bonds. The Labute approximate surface area is 200 Å². The van der Waals surface area contributed by atoms with Crippen molar-refractivity contribution >= 4 is 22.9 Å². The number of aromatic nitrogens is 2. The fraction of sp³-hybridized carbons (Fsp3) is 0.320. The fourth-order valence-electron chi connectivity index (χ4n) is 4.38. The predicted molar refractivity (Wildman–Crippen MR) is 126 cm³/mol. The lowest BCUT2D eigenvalue weighted by Crippen LogP contribution is -2.49. The predicted octanol–water partition coefficient (Wildman–Crippen LogP) is 3.72. The van der Waals surface area contributed by atoms with Gasteiger partial charge in [0.05, 0.1) is 28.2 Å². The van der Waals surface area contributed by atoms with Crippen LogP contribution in [0.1, 0.15) is 61.4 Å². The first-order chi connectivity index (χ1) is 16.4. The van der Waals surface area contributed by atoms with Crippen molar-refractivity contribution in [3.05, 3.63) is 69.5 Å². The van der Waals surface area contributed by atoms with E-state index in [0.29, 0.717) is 12.8 Å². The fourth-order valence-corrected chi connectivity index (χ4v) is 4.38. The van der Waals surface area contributed by atoms with E-state index in [9.17, 15) is 29.1 Å². The summed E-state index contributed by atoms with van der Waals surface area (Å²) in [5.41, 5.74) is 4.10. The first kappa shape index (κ1) is 23.9. The van der Waals surface area contributed by atoms with Crippen LogP contribution in [0.15, 0.2) is 41.2 Å². The number of carbonyl (C=O) groups excluding carboxylic acids is 1. The molecule has 0 spiro atoms. The molecule has 0 unspecified atom stereocenters. The van der Waals surface area contributed by atoms with Gasteiger partial charge in [-0.25, -0.2) is 14.2 Å². The second kappa shape index (κ2) is 8.51. The highest BCUT2D eigenvalue weighted by molar-refractivity contribution is 5.93. The molecule has 3 aromatic rings. The third-order valence-electron chi connectivity index (χ3n) is 6.01. The van der Waals surface area contributed by atoms with Crippen molar-refractivity contribution in [2.24, 2.45) is 11.7 Å². The van der Waals surface area contributed by atoms with Gasteiger partial charge in [-0.2, -0.15) is 5.26 Å². The van der Waals surface area contributed by atoms with E-state index in [0.717, 1.165) is 12.1 Å². The van der Waals surface area contributed by atoms with Crippen LogP contribution in [0.3, 0.4) is 0 Å². The van der Waals surface area contributed by atoms with Crippen molar-refractivity contribution in [2.45, 2.75) is 45.2 Å². The molecule has 2 aromatic carbocycles. The van der Waals surface area contributed by atoms with Crippen LogP contribution >= 0.6 is 0 Å². The summed E-state index contributed by atoms with van der Waals surface area (Å²) in [6, 6.07) is 8.99. The second-order valence-electron chi connectivity index (χ2n) is 9.59. The number of fused-ring (bicyclic) bond motifs is 1. The Hall–Kier alpha value is -4.26.